The van der Waals surface area contributed by atoms with Crippen LogP contribution in [-0.2, 0) is 4.74 Å². The summed E-state index contributed by atoms with van der Waals surface area (Å²) in [6, 6.07) is 7.16. The van der Waals surface area contributed by atoms with Crippen LogP contribution in [0.15, 0.2) is 24.3 Å². The second-order valence-electron chi connectivity index (χ2n) is 4.63. The average Bonchev–Trinajstić information content (AvgIpc) is 2.98. The number of nitrogens with one attached hydrogen (secondary N) is 3. The van der Waals surface area contributed by atoms with Crippen LogP contribution in [0.25, 0.3) is 0 Å². The van der Waals surface area contributed by atoms with E-state index in [2.05, 4.69) is 16.0 Å². The lowest BCUT2D eigenvalue weighted by atomic mass is 10.2. The highest BCUT2D eigenvalue weighted by Gasteiger charge is 2.15. The molecule has 6 heteroatoms. The van der Waals surface area contributed by atoms with E-state index in [9.17, 15) is 4.79 Å². The fourth-order valence-corrected chi connectivity index (χ4v) is 2.24. The van der Waals surface area contributed by atoms with Crippen LogP contribution in [0, 0.1) is 0 Å². The average molecular weight is 293 g/mol. The molecule has 0 bridgehead atoms. The number of hydrogen-bond acceptors (Lipinski definition) is 3. The van der Waals surface area contributed by atoms with Crippen LogP contribution in [-0.4, -0.2) is 37.3 Å². The van der Waals surface area contributed by atoms with Crippen molar-refractivity contribution in [3.63, 3.8) is 0 Å². The fourth-order valence-electron chi connectivity index (χ4n) is 2.04. The van der Waals surface area contributed by atoms with E-state index in [-0.39, 0.29) is 12.0 Å². The molecule has 0 unspecified atom stereocenters. The summed E-state index contributed by atoms with van der Waals surface area (Å²) in [4.78, 5) is 11.4. The predicted molar refractivity (Wildman–Crippen MR) is 83.0 cm³/mol. The molecule has 5 nitrogen and oxygen atoms in total. The summed E-state index contributed by atoms with van der Waals surface area (Å²) < 4.78 is 5.51. The Morgan fingerprint density at radius 2 is 2.15 bits per heavy atom. The van der Waals surface area contributed by atoms with Crippen molar-refractivity contribution >= 4 is 28.9 Å². The van der Waals surface area contributed by atoms with Gasteiger partial charge in [0.05, 0.1) is 6.10 Å². The van der Waals surface area contributed by atoms with E-state index in [0.717, 1.165) is 31.7 Å². The minimum Gasteiger partial charge on any atom is -0.376 e. The quantitative estimate of drug-likeness (QED) is 0.735. The zero-order chi connectivity index (χ0) is 14.4. The molecule has 2 rings (SSSR count). The van der Waals surface area contributed by atoms with E-state index in [1.165, 1.54) is 0 Å². The molecule has 1 saturated heterocycles. The van der Waals surface area contributed by atoms with Crippen LogP contribution >= 0.6 is 12.2 Å². The zero-order valence-electron chi connectivity index (χ0n) is 11.4. The van der Waals surface area contributed by atoms with Crippen LogP contribution in [0.2, 0.25) is 0 Å². The minimum atomic E-state index is -0.101. The molecule has 0 radical (unpaired) electrons. The Hall–Kier alpha value is -1.66. The van der Waals surface area contributed by atoms with Crippen LogP contribution in [0.3, 0.4) is 0 Å². The number of thiocarbonyl (C=S) groups is 1. The van der Waals surface area contributed by atoms with Gasteiger partial charge < -0.3 is 20.7 Å². The van der Waals surface area contributed by atoms with E-state index in [1.54, 1.807) is 19.2 Å². The summed E-state index contributed by atoms with van der Waals surface area (Å²) in [6.45, 7) is 1.57. The molecule has 1 aromatic rings. The molecule has 1 atom stereocenters. The van der Waals surface area contributed by atoms with Gasteiger partial charge in [-0.2, -0.15) is 0 Å². The van der Waals surface area contributed by atoms with Crippen molar-refractivity contribution in [3.8, 4) is 0 Å². The van der Waals surface area contributed by atoms with Gasteiger partial charge in [0.25, 0.3) is 5.91 Å². The Labute approximate surface area is 124 Å². The number of amides is 1. The van der Waals surface area contributed by atoms with E-state index >= 15 is 0 Å². The lowest BCUT2D eigenvalue weighted by Gasteiger charge is -2.14. The first kappa shape index (κ1) is 14.7. The second kappa shape index (κ2) is 7.21. The van der Waals surface area contributed by atoms with Gasteiger partial charge in [0.15, 0.2) is 5.11 Å². The van der Waals surface area contributed by atoms with Gasteiger partial charge in [0, 0.05) is 31.5 Å². The SMILES string of the molecule is CNC(=O)c1ccc(NC(=S)NC[C@H]2CCCO2)cc1. The first-order valence-electron chi connectivity index (χ1n) is 6.67. The highest BCUT2D eigenvalue weighted by molar-refractivity contribution is 7.80. The molecule has 1 aliphatic rings. The third kappa shape index (κ3) is 4.18. The molecule has 0 aromatic heterocycles. The van der Waals surface area contributed by atoms with Gasteiger partial charge in [-0.3, -0.25) is 4.79 Å². The number of anilines is 1. The van der Waals surface area contributed by atoms with Crippen molar-refractivity contribution in [1.29, 1.82) is 0 Å². The number of ether oxygens (including phenoxy) is 1. The summed E-state index contributed by atoms with van der Waals surface area (Å²) in [6.07, 6.45) is 2.45. The van der Waals surface area contributed by atoms with Crippen molar-refractivity contribution in [3.05, 3.63) is 29.8 Å². The lowest BCUT2D eigenvalue weighted by molar-refractivity contribution is 0.0963. The van der Waals surface area contributed by atoms with Gasteiger partial charge in [-0.1, -0.05) is 0 Å². The third-order valence-electron chi connectivity index (χ3n) is 3.15. The van der Waals surface area contributed by atoms with Gasteiger partial charge >= 0.3 is 0 Å². The Balaban J connectivity index is 1.80. The standard InChI is InChI=1S/C14H19N3O2S/c1-15-13(18)10-4-6-11(7-5-10)17-14(20)16-9-12-3-2-8-19-12/h4-7,12H,2-3,8-9H2,1H3,(H,15,18)(H2,16,17,20)/t12-/m1/s1. The largest absolute Gasteiger partial charge is 0.376 e. The van der Waals surface area contributed by atoms with Crippen molar-refractivity contribution in [2.45, 2.75) is 18.9 Å². The molecule has 20 heavy (non-hydrogen) atoms. The van der Waals surface area contributed by atoms with Gasteiger partial charge in [-0.25, -0.2) is 0 Å². The maximum atomic E-state index is 11.4. The van der Waals surface area contributed by atoms with Crippen molar-refractivity contribution in [2.75, 3.05) is 25.5 Å². The number of carbonyl (C=O) groups excluding carboxylic acids is 1. The monoisotopic (exact) mass is 293 g/mol. The zero-order valence-corrected chi connectivity index (χ0v) is 12.3. The number of carbonyl (C=O) groups is 1. The highest BCUT2D eigenvalue weighted by Crippen LogP contribution is 2.11. The maximum Gasteiger partial charge on any atom is 0.251 e. The van der Waals surface area contributed by atoms with Crippen molar-refractivity contribution in [2.24, 2.45) is 0 Å². The van der Waals surface area contributed by atoms with Crippen LogP contribution < -0.4 is 16.0 Å². The van der Waals surface area contributed by atoms with Gasteiger partial charge in [-0.15, -0.1) is 0 Å². The molecule has 0 spiro atoms. The van der Waals surface area contributed by atoms with Crippen LogP contribution in [0.4, 0.5) is 5.69 Å². The summed E-state index contributed by atoms with van der Waals surface area (Å²) in [7, 11) is 1.61. The number of benzene rings is 1. The van der Waals surface area contributed by atoms with E-state index in [1.807, 2.05) is 12.1 Å². The molecule has 0 saturated carbocycles. The molecular formula is C14H19N3O2S. The molecule has 3 N–H and O–H groups in total. The fraction of sp³-hybridized carbons (Fsp3) is 0.429. The van der Waals surface area contributed by atoms with Gasteiger partial charge in [0.1, 0.15) is 0 Å². The number of hydrogen-bond donors (Lipinski definition) is 3. The summed E-state index contributed by atoms with van der Waals surface area (Å²) in [5.41, 5.74) is 1.47. The van der Waals surface area contributed by atoms with Crippen molar-refractivity contribution < 1.29 is 9.53 Å². The van der Waals surface area contributed by atoms with Crippen LogP contribution in [0.5, 0.6) is 0 Å². The molecule has 1 heterocycles. The summed E-state index contributed by atoms with van der Waals surface area (Å²) in [5.74, 6) is -0.101. The molecule has 108 valence electrons. The van der Waals surface area contributed by atoms with Crippen LogP contribution in [0.1, 0.15) is 23.2 Å². The van der Waals surface area contributed by atoms with E-state index in [0.29, 0.717) is 10.7 Å². The van der Waals surface area contributed by atoms with E-state index < -0.39 is 0 Å². The minimum absolute atomic E-state index is 0.101. The normalized spacial score (nSPS) is 17.6. The lowest BCUT2D eigenvalue weighted by Crippen LogP contribution is -2.34. The summed E-state index contributed by atoms with van der Waals surface area (Å²) in [5, 5.41) is 9.37. The highest BCUT2D eigenvalue weighted by atomic mass is 32.1. The molecule has 0 aliphatic carbocycles. The second-order valence-corrected chi connectivity index (χ2v) is 5.03. The Kier molecular flexibility index (Phi) is 5.31. The third-order valence-corrected chi connectivity index (χ3v) is 3.39. The first-order valence-corrected chi connectivity index (χ1v) is 7.08. The molecular weight excluding hydrogens is 274 g/mol. The molecule has 1 aliphatic heterocycles. The first-order chi connectivity index (χ1) is 9.69. The Morgan fingerprint density at radius 1 is 1.40 bits per heavy atom. The number of rotatable bonds is 4. The van der Waals surface area contributed by atoms with E-state index in [4.69, 9.17) is 17.0 Å². The molecule has 1 aromatic carbocycles. The maximum absolute atomic E-state index is 11.4. The molecule has 1 fully saturated rings. The van der Waals surface area contributed by atoms with Gasteiger partial charge in [0.2, 0.25) is 0 Å². The topological polar surface area (TPSA) is 62.4 Å². The predicted octanol–water partition coefficient (Wildman–Crippen LogP) is 1.51. The molecule has 1 amide bonds. The smallest absolute Gasteiger partial charge is 0.251 e. The Bertz CT molecular complexity index is 470. The Morgan fingerprint density at radius 3 is 2.75 bits per heavy atom. The van der Waals surface area contributed by atoms with Crippen molar-refractivity contribution in [1.82, 2.24) is 10.6 Å². The summed E-state index contributed by atoms with van der Waals surface area (Å²) >= 11 is 5.22. The van der Waals surface area contributed by atoms with Gasteiger partial charge in [-0.05, 0) is 49.3 Å².